The number of nitrogens with two attached hydrogens (primary N) is 1. The summed E-state index contributed by atoms with van der Waals surface area (Å²) in [5, 5.41) is 0. The van der Waals surface area contributed by atoms with E-state index in [1.807, 2.05) is 0 Å². The number of aryl methyl sites for hydroxylation is 1. The lowest BCUT2D eigenvalue weighted by Crippen LogP contribution is -2.35. The summed E-state index contributed by atoms with van der Waals surface area (Å²) in [5.41, 5.74) is 7.36. The van der Waals surface area contributed by atoms with E-state index in [0.717, 1.165) is 12.8 Å². The van der Waals surface area contributed by atoms with Crippen molar-refractivity contribution >= 4 is 17.6 Å². The predicted octanol–water partition coefficient (Wildman–Crippen LogP) is 3.01. The number of nitrogen functional groups attached to an aromatic ring is 1. The highest BCUT2D eigenvalue weighted by Crippen LogP contribution is 2.41. The number of benzene rings is 1. The number of rotatable bonds is 5. The van der Waals surface area contributed by atoms with E-state index in [2.05, 4.69) is 26.5 Å². The van der Waals surface area contributed by atoms with E-state index >= 15 is 4.39 Å². The molecule has 37 heavy (non-hydrogen) atoms. The van der Waals surface area contributed by atoms with Crippen molar-refractivity contribution in [3.05, 3.63) is 66.6 Å². The van der Waals surface area contributed by atoms with Gasteiger partial charge in [-0.15, -0.1) is 0 Å². The maximum absolute atomic E-state index is 15.0. The number of hydrogen-bond donors (Lipinski definition) is 1. The van der Waals surface area contributed by atoms with Gasteiger partial charge in [0.15, 0.2) is 11.6 Å². The molecule has 1 unspecified atom stereocenters. The van der Waals surface area contributed by atoms with E-state index in [1.54, 1.807) is 28.9 Å². The Morgan fingerprint density at radius 1 is 1.14 bits per heavy atom. The predicted molar refractivity (Wildman–Crippen MR) is 133 cm³/mol. The Bertz CT molecular complexity index is 1400. The maximum atomic E-state index is 15.0. The van der Waals surface area contributed by atoms with Gasteiger partial charge >= 0.3 is 6.01 Å². The van der Waals surface area contributed by atoms with E-state index in [-0.39, 0.29) is 46.1 Å². The van der Waals surface area contributed by atoms with E-state index in [0.29, 0.717) is 37.4 Å². The number of carbonyl (C=O) groups excluding carboxylic acids is 2. The third kappa shape index (κ3) is 4.72. The van der Waals surface area contributed by atoms with Gasteiger partial charge in [0.2, 0.25) is 5.91 Å². The van der Waals surface area contributed by atoms with Gasteiger partial charge < -0.3 is 20.3 Å². The third-order valence-electron chi connectivity index (χ3n) is 6.92. The first kappa shape index (κ1) is 24.3. The van der Waals surface area contributed by atoms with Gasteiger partial charge in [0.1, 0.15) is 17.8 Å². The smallest absolute Gasteiger partial charge is 0.322 e. The second-order valence-electron chi connectivity index (χ2n) is 9.40. The number of nitrogens with zero attached hydrogens (tertiary/aromatic N) is 6. The zero-order valence-electron chi connectivity index (χ0n) is 20.4. The number of likely N-dealkylation sites (tertiary alicyclic amines) is 2. The molecule has 0 radical (unpaired) electrons. The third-order valence-corrected chi connectivity index (χ3v) is 6.92. The molecule has 1 spiro atoms. The highest BCUT2D eigenvalue weighted by molar-refractivity contribution is 6.01. The summed E-state index contributed by atoms with van der Waals surface area (Å²) in [6.07, 6.45) is 5.65. The molecule has 2 amide bonds. The summed E-state index contributed by atoms with van der Waals surface area (Å²) in [5.74, 6) is -1.11. The van der Waals surface area contributed by atoms with Crippen LogP contribution in [0, 0.1) is 18.2 Å². The van der Waals surface area contributed by atoms with Gasteiger partial charge in [0.25, 0.3) is 5.91 Å². The quantitative estimate of drug-likeness (QED) is 0.527. The van der Waals surface area contributed by atoms with Gasteiger partial charge in [-0.05, 0) is 49.6 Å². The van der Waals surface area contributed by atoms with Crippen molar-refractivity contribution in [2.45, 2.75) is 19.8 Å². The minimum absolute atomic E-state index is 0.0216. The van der Waals surface area contributed by atoms with Crippen LogP contribution < -0.4 is 10.5 Å². The summed E-state index contributed by atoms with van der Waals surface area (Å²) in [7, 11) is 0. The Morgan fingerprint density at radius 3 is 2.62 bits per heavy atom. The van der Waals surface area contributed by atoms with Gasteiger partial charge in [-0.25, -0.2) is 24.3 Å². The van der Waals surface area contributed by atoms with Crippen molar-refractivity contribution in [3.8, 4) is 22.9 Å². The van der Waals surface area contributed by atoms with E-state index in [9.17, 15) is 9.59 Å². The van der Waals surface area contributed by atoms with Gasteiger partial charge in [-0.2, -0.15) is 0 Å². The summed E-state index contributed by atoms with van der Waals surface area (Å²) in [4.78, 5) is 45.5. The number of anilines is 1. The largest absolute Gasteiger partial charge is 0.421 e. The molecule has 0 bridgehead atoms. The Hall–Kier alpha value is -4.41. The normalized spacial score (nSPS) is 18.9. The van der Waals surface area contributed by atoms with Gasteiger partial charge in [-0.3, -0.25) is 9.59 Å². The molecule has 0 aliphatic carbocycles. The molecular weight excluding hydrogens is 477 g/mol. The molecule has 1 atom stereocenters. The molecule has 5 rings (SSSR count). The first-order valence-electron chi connectivity index (χ1n) is 11.9. The lowest BCUT2D eigenvalue weighted by atomic mass is 9.86. The summed E-state index contributed by atoms with van der Waals surface area (Å²) < 4.78 is 20.5. The molecule has 2 aliphatic rings. The molecule has 0 saturated carbocycles. The second kappa shape index (κ2) is 9.57. The summed E-state index contributed by atoms with van der Waals surface area (Å²) >= 11 is 0. The van der Waals surface area contributed by atoms with E-state index in [1.165, 1.54) is 30.7 Å². The number of hydrogen-bond acceptors (Lipinski definition) is 8. The molecular formula is C26H26FN7O3. The molecule has 11 heteroatoms. The lowest BCUT2D eigenvalue weighted by Gasteiger charge is -2.24. The van der Waals surface area contributed by atoms with Crippen LogP contribution in [0.1, 0.15) is 29.0 Å². The van der Waals surface area contributed by atoms with Crippen LogP contribution in [0.5, 0.6) is 11.8 Å². The number of carbonyl (C=O) groups is 2. The van der Waals surface area contributed by atoms with Crippen molar-refractivity contribution in [1.82, 2.24) is 29.7 Å². The minimum atomic E-state index is -0.678. The average Bonchev–Trinajstić information content (AvgIpc) is 3.51. The molecule has 4 heterocycles. The molecule has 2 saturated heterocycles. The van der Waals surface area contributed by atoms with Crippen LogP contribution in [0.2, 0.25) is 0 Å². The maximum Gasteiger partial charge on any atom is 0.322 e. The van der Waals surface area contributed by atoms with Crippen LogP contribution in [-0.4, -0.2) is 67.7 Å². The second-order valence-corrected chi connectivity index (χ2v) is 9.40. The van der Waals surface area contributed by atoms with E-state index < -0.39 is 5.82 Å². The molecule has 2 aromatic heterocycles. The Morgan fingerprint density at radius 2 is 1.89 bits per heavy atom. The Kier molecular flexibility index (Phi) is 6.28. The lowest BCUT2D eigenvalue weighted by molar-refractivity contribution is -0.125. The monoisotopic (exact) mass is 503 g/mol. The molecule has 190 valence electrons. The molecule has 1 aromatic carbocycles. The van der Waals surface area contributed by atoms with E-state index in [4.69, 9.17) is 10.5 Å². The van der Waals surface area contributed by atoms with Crippen molar-refractivity contribution in [3.63, 3.8) is 0 Å². The van der Waals surface area contributed by atoms with Crippen LogP contribution in [-0.2, 0) is 4.79 Å². The van der Waals surface area contributed by atoms with Crippen molar-refractivity contribution < 1.29 is 18.7 Å². The highest BCUT2D eigenvalue weighted by atomic mass is 19.1. The number of ether oxygens (including phenoxy) is 1. The highest BCUT2D eigenvalue weighted by Gasteiger charge is 2.46. The fraction of sp³-hybridized carbons (Fsp3) is 0.308. The number of aromatic nitrogens is 4. The molecule has 3 aromatic rings. The SMILES string of the molecule is C=CC(=O)N1CCC2(CCN(C(=O)c3ncnc(N)c3-c3ccc(Oc4nccc(C)n4)c(F)c3)C2)C1. The summed E-state index contributed by atoms with van der Waals surface area (Å²) in [6, 6.07) is 5.95. The first-order chi connectivity index (χ1) is 17.8. The standard InChI is InChI=1S/C26H26FN7O3/c1-3-20(35)33-10-7-26(13-33)8-11-34(14-26)24(36)22-21(23(28)31-15-30-22)17-4-5-19(18(27)12-17)37-25-29-9-6-16(2)32-25/h3-6,9,12,15H,1,7-8,10-11,13-14H2,2H3,(H2,28,30,31). The summed E-state index contributed by atoms with van der Waals surface area (Å²) in [6.45, 7) is 7.57. The van der Waals surface area contributed by atoms with Crippen LogP contribution in [0.4, 0.5) is 10.2 Å². The fourth-order valence-corrected chi connectivity index (χ4v) is 5.00. The topological polar surface area (TPSA) is 127 Å². The van der Waals surface area contributed by atoms with Gasteiger partial charge in [0, 0.05) is 43.5 Å². The Balaban J connectivity index is 1.39. The van der Waals surface area contributed by atoms with Crippen LogP contribution in [0.3, 0.4) is 0 Å². The van der Waals surface area contributed by atoms with Crippen molar-refractivity contribution in [2.24, 2.45) is 5.41 Å². The molecule has 2 aliphatic heterocycles. The minimum Gasteiger partial charge on any atom is -0.421 e. The van der Waals surface area contributed by atoms with Crippen LogP contribution in [0.15, 0.2) is 49.4 Å². The molecule has 2 fully saturated rings. The van der Waals surface area contributed by atoms with Crippen molar-refractivity contribution in [1.29, 1.82) is 0 Å². The van der Waals surface area contributed by atoms with Gasteiger partial charge in [0.05, 0.1) is 5.56 Å². The number of halogens is 1. The van der Waals surface area contributed by atoms with Crippen LogP contribution >= 0.6 is 0 Å². The average molecular weight is 504 g/mol. The molecule has 10 nitrogen and oxygen atoms in total. The first-order valence-corrected chi connectivity index (χ1v) is 11.9. The van der Waals surface area contributed by atoms with Gasteiger partial charge in [-0.1, -0.05) is 12.6 Å². The number of amides is 2. The zero-order valence-corrected chi connectivity index (χ0v) is 20.4. The zero-order chi connectivity index (χ0) is 26.2. The van der Waals surface area contributed by atoms with Crippen molar-refractivity contribution in [2.75, 3.05) is 31.9 Å². The fourth-order valence-electron chi connectivity index (χ4n) is 5.00. The Labute approximate surface area is 213 Å². The van der Waals surface area contributed by atoms with Crippen LogP contribution in [0.25, 0.3) is 11.1 Å². The molecule has 2 N–H and O–H groups in total.